The molecule has 5 nitrogen and oxygen atoms in total. The molecule has 1 aromatic heterocycles. The number of rotatable bonds is 4. The van der Waals surface area contributed by atoms with Crippen LogP contribution in [0.15, 0.2) is 59.5 Å². The van der Waals surface area contributed by atoms with E-state index in [1.165, 1.54) is 24.5 Å². The summed E-state index contributed by atoms with van der Waals surface area (Å²) in [6.07, 6.45) is 0. The van der Waals surface area contributed by atoms with E-state index in [1.54, 1.807) is 36.6 Å². The summed E-state index contributed by atoms with van der Waals surface area (Å²) in [7, 11) is 1.42. The molecule has 1 unspecified atom stereocenters. The molecule has 1 aliphatic heterocycles. The number of amides is 1. The highest BCUT2D eigenvalue weighted by molar-refractivity contribution is 7.10. The van der Waals surface area contributed by atoms with Gasteiger partial charge in [-0.05, 0) is 48.2 Å². The average molecular weight is 441 g/mol. The van der Waals surface area contributed by atoms with E-state index in [0.717, 1.165) is 22.6 Å². The molecule has 2 heterocycles. The first-order valence-corrected chi connectivity index (χ1v) is 10.2. The van der Waals surface area contributed by atoms with Gasteiger partial charge in [0, 0.05) is 16.6 Å². The van der Waals surface area contributed by atoms with Crippen molar-refractivity contribution in [3.05, 3.63) is 87.1 Å². The summed E-state index contributed by atoms with van der Waals surface area (Å²) in [5.74, 6) is -4.17. The first-order chi connectivity index (χ1) is 14.8. The van der Waals surface area contributed by atoms with Gasteiger partial charge in [-0.25, -0.2) is 8.78 Å². The van der Waals surface area contributed by atoms with Crippen molar-refractivity contribution in [2.24, 2.45) is 0 Å². The Bertz CT molecular complexity index is 1230. The SMILES string of the molecule is COc1ccccc1/C(O)=C1/C(=O)C(=O)N(c2ccc(F)c(F)c2)C1c1sccc1C. The smallest absolute Gasteiger partial charge is 0.300 e. The van der Waals surface area contributed by atoms with Crippen LogP contribution in [0.4, 0.5) is 14.5 Å². The van der Waals surface area contributed by atoms with Crippen LogP contribution in [0.25, 0.3) is 5.76 Å². The van der Waals surface area contributed by atoms with Crippen LogP contribution >= 0.6 is 11.3 Å². The second-order valence-corrected chi connectivity index (χ2v) is 7.88. The van der Waals surface area contributed by atoms with Gasteiger partial charge in [-0.1, -0.05) is 12.1 Å². The number of benzene rings is 2. The minimum Gasteiger partial charge on any atom is -0.507 e. The molecule has 0 saturated carbocycles. The Morgan fingerprint density at radius 3 is 2.48 bits per heavy atom. The lowest BCUT2D eigenvalue weighted by molar-refractivity contribution is -0.132. The number of anilines is 1. The van der Waals surface area contributed by atoms with Gasteiger partial charge >= 0.3 is 0 Å². The van der Waals surface area contributed by atoms with E-state index in [-0.39, 0.29) is 16.8 Å². The number of methoxy groups -OCH3 is 1. The minimum absolute atomic E-state index is 0.0119. The number of ketones is 1. The molecule has 2 aromatic carbocycles. The highest BCUT2D eigenvalue weighted by Crippen LogP contribution is 2.45. The van der Waals surface area contributed by atoms with Gasteiger partial charge in [0.1, 0.15) is 17.6 Å². The maximum Gasteiger partial charge on any atom is 0.300 e. The normalized spacial score (nSPS) is 17.9. The van der Waals surface area contributed by atoms with Crippen LogP contribution in [-0.2, 0) is 9.59 Å². The number of nitrogens with zero attached hydrogens (tertiary/aromatic N) is 1. The van der Waals surface area contributed by atoms with Crippen LogP contribution in [0.1, 0.15) is 22.0 Å². The molecule has 1 saturated heterocycles. The third kappa shape index (κ3) is 3.38. The number of aliphatic hydroxyl groups excluding tert-OH is 1. The standard InChI is InChI=1S/C23H17F2NO4S/c1-12-9-10-31-22(12)19-18(20(27)14-5-3-4-6-17(14)30-2)21(28)23(29)26(19)13-7-8-15(24)16(25)11-13/h3-11,19,27H,1-2H3/b20-18-. The number of ether oxygens (including phenoxy) is 1. The van der Waals surface area contributed by atoms with Gasteiger partial charge < -0.3 is 9.84 Å². The molecule has 0 radical (unpaired) electrons. The Morgan fingerprint density at radius 2 is 1.84 bits per heavy atom. The number of hydrogen-bond donors (Lipinski definition) is 1. The van der Waals surface area contributed by atoms with Gasteiger partial charge in [0.15, 0.2) is 11.6 Å². The van der Waals surface area contributed by atoms with Crippen molar-refractivity contribution < 1.29 is 28.2 Å². The molecule has 158 valence electrons. The molecule has 8 heteroatoms. The van der Waals surface area contributed by atoms with Crippen LogP contribution in [0, 0.1) is 18.6 Å². The van der Waals surface area contributed by atoms with E-state index < -0.39 is 35.1 Å². The average Bonchev–Trinajstić information content (AvgIpc) is 3.30. The van der Waals surface area contributed by atoms with Crippen molar-refractivity contribution >= 4 is 34.5 Å². The Morgan fingerprint density at radius 1 is 1.10 bits per heavy atom. The zero-order chi connectivity index (χ0) is 22.3. The summed E-state index contributed by atoms with van der Waals surface area (Å²) in [4.78, 5) is 27.8. The number of aryl methyl sites for hydroxylation is 1. The number of Topliss-reactive ketones (excluding diaryl/α,β-unsaturated/α-hetero) is 1. The second kappa shape index (κ2) is 7.96. The first-order valence-electron chi connectivity index (χ1n) is 9.28. The lowest BCUT2D eigenvalue weighted by Crippen LogP contribution is -2.29. The fourth-order valence-corrected chi connectivity index (χ4v) is 4.66. The Kier molecular flexibility index (Phi) is 5.32. The van der Waals surface area contributed by atoms with Gasteiger partial charge in [-0.3, -0.25) is 14.5 Å². The molecule has 3 aromatic rings. The first kappa shape index (κ1) is 20.7. The molecule has 31 heavy (non-hydrogen) atoms. The third-order valence-electron chi connectivity index (χ3n) is 5.14. The fourth-order valence-electron chi connectivity index (χ4n) is 3.63. The highest BCUT2D eigenvalue weighted by atomic mass is 32.1. The fraction of sp³-hybridized carbons (Fsp3) is 0.130. The Labute approximate surface area is 180 Å². The van der Waals surface area contributed by atoms with E-state index in [1.807, 2.05) is 6.07 Å². The summed E-state index contributed by atoms with van der Waals surface area (Å²) in [6, 6.07) is 10.3. The second-order valence-electron chi connectivity index (χ2n) is 6.94. The van der Waals surface area contributed by atoms with E-state index >= 15 is 0 Å². The van der Waals surface area contributed by atoms with Crippen LogP contribution < -0.4 is 9.64 Å². The number of carbonyl (C=O) groups excluding carboxylic acids is 2. The molecule has 1 atom stereocenters. The number of halogens is 2. The molecule has 1 fully saturated rings. The van der Waals surface area contributed by atoms with Gasteiger partial charge in [-0.15, -0.1) is 11.3 Å². The van der Waals surface area contributed by atoms with Gasteiger partial charge in [0.2, 0.25) is 0 Å². The molecule has 1 amide bonds. The van der Waals surface area contributed by atoms with Gasteiger partial charge in [0.05, 0.1) is 18.2 Å². The topological polar surface area (TPSA) is 66.8 Å². The number of carbonyl (C=O) groups is 2. The molecule has 0 spiro atoms. The highest BCUT2D eigenvalue weighted by Gasteiger charge is 2.48. The minimum atomic E-state index is -1.15. The predicted molar refractivity (Wildman–Crippen MR) is 113 cm³/mol. The largest absolute Gasteiger partial charge is 0.507 e. The number of thiophene rings is 1. The summed E-state index contributed by atoms with van der Waals surface area (Å²) in [5, 5.41) is 12.9. The molecular weight excluding hydrogens is 424 g/mol. The van der Waals surface area contributed by atoms with Gasteiger partial charge in [0.25, 0.3) is 11.7 Å². The number of aliphatic hydroxyl groups is 1. The number of hydrogen-bond acceptors (Lipinski definition) is 5. The Balaban J connectivity index is 1.98. The molecule has 1 aliphatic rings. The van der Waals surface area contributed by atoms with E-state index in [4.69, 9.17) is 4.74 Å². The summed E-state index contributed by atoms with van der Waals surface area (Å²) >= 11 is 1.29. The molecular formula is C23H17F2NO4S. The van der Waals surface area contributed by atoms with Crippen LogP contribution in [0.2, 0.25) is 0 Å². The van der Waals surface area contributed by atoms with E-state index in [2.05, 4.69) is 0 Å². The monoisotopic (exact) mass is 441 g/mol. The van der Waals surface area contributed by atoms with Crippen LogP contribution in [0.3, 0.4) is 0 Å². The summed E-state index contributed by atoms with van der Waals surface area (Å²) in [6.45, 7) is 1.81. The van der Waals surface area contributed by atoms with Crippen molar-refractivity contribution in [3.8, 4) is 5.75 Å². The van der Waals surface area contributed by atoms with Crippen molar-refractivity contribution in [2.45, 2.75) is 13.0 Å². The zero-order valence-electron chi connectivity index (χ0n) is 16.6. The maximum absolute atomic E-state index is 14.0. The van der Waals surface area contributed by atoms with E-state index in [9.17, 15) is 23.5 Å². The molecule has 4 rings (SSSR count). The summed E-state index contributed by atoms with van der Waals surface area (Å²) in [5.41, 5.74) is 0.894. The predicted octanol–water partition coefficient (Wildman–Crippen LogP) is 4.97. The lowest BCUT2D eigenvalue weighted by atomic mass is 9.98. The number of para-hydroxylation sites is 1. The maximum atomic E-state index is 14.0. The Hall–Kier alpha value is -3.52. The third-order valence-corrected chi connectivity index (χ3v) is 6.21. The summed E-state index contributed by atoms with van der Waals surface area (Å²) < 4.78 is 32.7. The van der Waals surface area contributed by atoms with E-state index in [0.29, 0.717) is 10.6 Å². The van der Waals surface area contributed by atoms with Crippen LogP contribution in [-0.4, -0.2) is 23.9 Å². The van der Waals surface area contributed by atoms with Crippen molar-refractivity contribution in [1.29, 1.82) is 0 Å². The molecule has 0 aliphatic carbocycles. The molecule has 0 bridgehead atoms. The van der Waals surface area contributed by atoms with Crippen LogP contribution in [0.5, 0.6) is 5.75 Å². The van der Waals surface area contributed by atoms with Crippen molar-refractivity contribution in [3.63, 3.8) is 0 Å². The van der Waals surface area contributed by atoms with Crippen molar-refractivity contribution in [1.82, 2.24) is 0 Å². The van der Waals surface area contributed by atoms with Crippen molar-refractivity contribution in [2.75, 3.05) is 12.0 Å². The lowest BCUT2D eigenvalue weighted by Gasteiger charge is -2.25. The quantitative estimate of drug-likeness (QED) is 0.353. The zero-order valence-corrected chi connectivity index (χ0v) is 17.4. The molecule has 1 N–H and O–H groups in total. The van der Waals surface area contributed by atoms with Gasteiger partial charge in [-0.2, -0.15) is 0 Å².